The fourth-order valence-electron chi connectivity index (χ4n) is 2.13. The second kappa shape index (κ2) is 6.62. The molecule has 1 aliphatic rings. The lowest BCUT2D eigenvalue weighted by molar-refractivity contribution is -0.146. The van der Waals surface area contributed by atoms with Crippen LogP contribution < -0.4 is 5.32 Å². The van der Waals surface area contributed by atoms with Gasteiger partial charge in [-0.2, -0.15) is 0 Å². The highest BCUT2D eigenvalue weighted by atomic mass is 19.2. The molecule has 0 bridgehead atoms. The third-order valence-electron chi connectivity index (χ3n) is 3.30. The standard InChI is InChI=1S/C14H16F2N2O3/c1-17-14(20)12-8-18(4-5-21-12)13(19)7-9-2-3-10(15)11(16)6-9/h2-3,6,12H,4-5,7-8H2,1H3,(H,17,20)/t12-/m0/s1. The van der Waals surface area contributed by atoms with Gasteiger partial charge in [0, 0.05) is 13.6 Å². The number of carbonyl (C=O) groups is 2. The van der Waals surface area contributed by atoms with Crippen molar-refractivity contribution < 1.29 is 23.1 Å². The zero-order valence-electron chi connectivity index (χ0n) is 11.6. The van der Waals surface area contributed by atoms with Crippen molar-refractivity contribution in [3.63, 3.8) is 0 Å². The minimum Gasteiger partial charge on any atom is -0.365 e. The molecule has 0 radical (unpaired) electrons. The maximum atomic E-state index is 13.1. The molecule has 1 aromatic carbocycles. The Balaban J connectivity index is 1.99. The monoisotopic (exact) mass is 298 g/mol. The highest BCUT2D eigenvalue weighted by molar-refractivity contribution is 5.83. The highest BCUT2D eigenvalue weighted by Gasteiger charge is 2.28. The number of hydrogen-bond donors (Lipinski definition) is 1. The van der Waals surface area contributed by atoms with E-state index in [0.29, 0.717) is 12.1 Å². The van der Waals surface area contributed by atoms with E-state index >= 15 is 0 Å². The molecule has 2 amide bonds. The van der Waals surface area contributed by atoms with Crippen LogP contribution in [-0.4, -0.2) is 49.6 Å². The molecule has 1 aliphatic heterocycles. The Morgan fingerprint density at radius 3 is 2.81 bits per heavy atom. The van der Waals surface area contributed by atoms with E-state index in [-0.39, 0.29) is 31.4 Å². The van der Waals surface area contributed by atoms with Gasteiger partial charge >= 0.3 is 0 Å². The third kappa shape index (κ3) is 3.75. The summed E-state index contributed by atoms with van der Waals surface area (Å²) in [5.41, 5.74) is 0.391. The van der Waals surface area contributed by atoms with E-state index in [2.05, 4.69) is 5.32 Å². The molecule has 5 nitrogen and oxygen atoms in total. The first-order valence-corrected chi connectivity index (χ1v) is 6.56. The number of likely N-dealkylation sites (N-methyl/N-ethyl adjacent to an activating group) is 1. The van der Waals surface area contributed by atoms with Crippen molar-refractivity contribution in [2.24, 2.45) is 0 Å². The van der Waals surface area contributed by atoms with Crippen LogP contribution in [0.5, 0.6) is 0 Å². The van der Waals surface area contributed by atoms with Crippen LogP contribution in [0.4, 0.5) is 8.78 Å². The van der Waals surface area contributed by atoms with Gasteiger partial charge in [-0.25, -0.2) is 8.78 Å². The molecule has 0 spiro atoms. The van der Waals surface area contributed by atoms with E-state index in [4.69, 9.17) is 4.74 Å². The lowest BCUT2D eigenvalue weighted by Gasteiger charge is -2.32. The molecule has 0 saturated carbocycles. The van der Waals surface area contributed by atoms with Crippen LogP contribution in [0.3, 0.4) is 0 Å². The van der Waals surface area contributed by atoms with E-state index in [0.717, 1.165) is 12.1 Å². The van der Waals surface area contributed by atoms with Crippen molar-refractivity contribution in [3.05, 3.63) is 35.4 Å². The quantitative estimate of drug-likeness (QED) is 0.883. The zero-order chi connectivity index (χ0) is 15.4. The van der Waals surface area contributed by atoms with Crippen LogP contribution in [0.15, 0.2) is 18.2 Å². The molecular weight excluding hydrogens is 282 g/mol. The maximum absolute atomic E-state index is 13.1. The first-order valence-electron chi connectivity index (χ1n) is 6.56. The average Bonchev–Trinajstić information content (AvgIpc) is 2.50. The van der Waals surface area contributed by atoms with Crippen molar-refractivity contribution in [3.8, 4) is 0 Å². The number of ether oxygens (including phenoxy) is 1. The van der Waals surface area contributed by atoms with Gasteiger partial charge in [0.25, 0.3) is 5.91 Å². The van der Waals surface area contributed by atoms with Crippen molar-refractivity contribution >= 4 is 11.8 Å². The maximum Gasteiger partial charge on any atom is 0.250 e. The predicted molar refractivity (Wildman–Crippen MR) is 70.4 cm³/mol. The van der Waals surface area contributed by atoms with Gasteiger partial charge in [0.05, 0.1) is 19.6 Å². The molecule has 0 aromatic heterocycles. The van der Waals surface area contributed by atoms with Crippen LogP contribution in [0.1, 0.15) is 5.56 Å². The predicted octanol–water partition coefficient (Wildman–Crippen LogP) is 0.481. The summed E-state index contributed by atoms with van der Waals surface area (Å²) in [4.78, 5) is 25.1. The van der Waals surface area contributed by atoms with Crippen molar-refractivity contribution in [2.45, 2.75) is 12.5 Å². The third-order valence-corrected chi connectivity index (χ3v) is 3.30. The van der Waals surface area contributed by atoms with E-state index in [9.17, 15) is 18.4 Å². The largest absolute Gasteiger partial charge is 0.365 e. The summed E-state index contributed by atoms with van der Waals surface area (Å²) in [6, 6.07) is 3.36. The molecule has 21 heavy (non-hydrogen) atoms. The van der Waals surface area contributed by atoms with Gasteiger partial charge in [-0.1, -0.05) is 6.07 Å². The Morgan fingerprint density at radius 2 is 2.14 bits per heavy atom. The molecule has 2 rings (SSSR count). The molecule has 1 fully saturated rings. The zero-order valence-corrected chi connectivity index (χ0v) is 11.6. The Hall–Kier alpha value is -2.02. The van der Waals surface area contributed by atoms with Crippen LogP contribution >= 0.6 is 0 Å². The molecule has 1 heterocycles. The number of nitrogens with zero attached hydrogens (tertiary/aromatic N) is 1. The van der Waals surface area contributed by atoms with Gasteiger partial charge < -0.3 is 15.0 Å². The Labute approximate surface area is 120 Å². The molecule has 1 atom stereocenters. The van der Waals surface area contributed by atoms with E-state index in [1.165, 1.54) is 18.0 Å². The second-order valence-corrected chi connectivity index (χ2v) is 4.74. The Kier molecular flexibility index (Phi) is 4.85. The topological polar surface area (TPSA) is 58.6 Å². The lowest BCUT2D eigenvalue weighted by atomic mass is 10.1. The van der Waals surface area contributed by atoms with Gasteiger partial charge in [0.1, 0.15) is 0 Å². The van der Waals surface area contributed by atoms with Crippen LogP contribution in [-0.2, 0) is 20.7 Å². The summed E-state index contributed by atoms with van der Waals surface area (Å²) in [6.07, 6.45) is -0.741. The molecule has 7 heteroatoms. The van der Waals surface area contributed by atoms with Gasteiger partial charge in [0.15, 0.2) is 17.7 Å². The summed E-state index contributed by atoms with van der Waals surface area (Å²) in [5, 5.41) is 2.46. The van der Waals surface area contributed by atoms with E-state index in [1.807, 2.05) is 0 Å². The van der Waals surface area contributed by atoms with Crippen LogP contribution in [0.25, 0.3) is 0 Å². The summed E-state index contributed by atoms with van der Waals surface area (Å²) in [5.74, 6) is -2.47. The Morgan fingerprint density at radius 1 is 1.38 bits per heavy atom. The highest BCUT2D eigenvalue weighted by Crippen LogP contribution is 2.12. The molecule has 114 valence electrons. The smallest absolute Gasteiger partial charge is 0.250 e. The Bertz CT molecular complexity index is 551. The number of morpholine rings is 1. The fourth-order valence-corrected chi connectivity index (χ4v) is 2.13. The first kappa shape index (κ1) is 15.4. The molecule has 0 unspecified atom stereocenters. The van der Waals surface area contributed by atoms with Crippen LogP contribution in [0, 0.1) is 11.6 Å². The van der Waals surface area contributed by atoms with Crippen LogP contribution in [0.2, 0.25) is 0 Å². The number of rotatable bonds is 3. The lowest BCUT2D eigenvalue weighted by Crippen LogP contribution is -2.51. The average molecular weight is 298 g/mol. The number of nitrogens with one attached hydrogen (secondary N) is 1. The summed E-state index contributed by atoms with van der Waals surface area (Å²) < 4.78 is 31.2. The molecule has 1 N–H and O–H groups in total. The first-order chi connectivity index (χ1) is 10.0. The number of halogens is 2. The van der Waals surface area contributed by atoms with Gasteiger partial charge in [-0.3, -0.25) is 9.59 Å². The minimum absolute atomic E-state index is 0.0440. The molecular formula is C14H16F2N2O3. The van der Waals surface area contributed by atoms with Gasteiger partial charge in [-0.05, 0) is 17.7 Å². The molecule has 1 saturated heterocycles. The number of benzene rings is 1. The fraction of sp³-hybridized carbons (Fsp3) is 0.429. The molecule has 0 aliphatic carbocycles. The number of carbonyl (C=O) groups excluding carboxylic acids is 2. The summed E-state index contributed by atoms with van der Waals surface area (Å²) in [6.45, 7) is 0.791. The summed E-state index contributed by atoms with van der Waals surface area (Å²) >= 11 is 0. The van der Waals surface area contributed by atoms with E-state index < -0.39 is 17.7 Å². The van der Waals surface area contributed by atoms with E-state index in [1.54, 1.807) is 0 Å². The number of amides is 2. The summed E-state index contributed by atoms with van der Waals surface area (Å²) in [7, 11) is 1.49. The van der Waals surface area contributed by atoms with Crippen molar-refractivity contribution in [1.82, 2.24) is 10.2 Å². The number of hydrogen-bond acceptors (Lipinski definition) is 3. The second-order valence-electron chi connectivity index (χ2n) is 4.74. The van der Waals surface area contributed by atoms with Crippen molar-refractivity contribution in [2.75, 3.05) is 26.7 Å². The van der Waals surface area contributed by atoms with Gasteiger partial charge in [-0.15, -0.1) is 0 Å². The SMILES string of the molecule is CNC(=O)[C@@H]1CN(C(=O)Cc2ccc(F)c(F)c2)CCO1. The molecule has 1 aromatic rings. The normalized spacial score (nSPS) is 18.4. The minimum atomic E-state index is -0.981. The van der Waals surface area contributed by atoms with Gasteiger partial charge in [0.2, 0.25) is 5.91 Å². The van der Waals surface area contributed by atoms with Crippen molar-refractivity contribution in [1.29, 1.82) is 0 Å².